The van der Waals surface area contributed by atoms with Crippen LogP contribution in [0.25, 0.3) is 0 Å². The number of pyridine rings is 1. The lowest BCUT2D eigenvalue weighted by Crippen LogP contribution is -2.27. The van der Waals surface area contributed by atoms with E-state index >= 15 is 0 Å². The molecule has 0 unspecified atom stereocenters. The minimum atomic E-state index is -3.71. The Morgan fingerprint density at radius 2 is 1.90 bits per heavy atom. The largest absolute Gasteiger partial charge is 0.497 e. The van der Waals surface area contributed by atoms with Crippen molar-refractivity contribution in [2.24, 2.45) is 0 Å². The normalized spacial score (nSPS) is 11.2. The minimum Gasteiger partial charge on any atom is -0.497 e. The Bertz CT molecular complexity index is 751. The Hall–Kier alpha value is -1.31. The molecule has 0 radical (unpaired) electrons. The SMILES string of the molecule is COc1ccc(S(=O)(=O)N(C)c2ncc(Cl)cc2Br)cc1. The molecule has 0 spiro atoms. The number of nitrogens with zero attached hydrogens (tertiary/aromatic N) is 2. The number of aromatic nitrogens is 1. The molecule has 0 aliphatic rings. The highest BCUT2D eigenvalue weighted by atomic mass is 79.9. The quantitative estimate of drug-likeness (QED) is 0.802. The minimum absolute atomic E-state index is 0.148. The molecule has 0 saturated carbocycles. The van der Waals surface area contributed by atoms with Crippen LogP contribution in [-0.4, -0.2) is 27.6 Å². The van der Waals surface area contributed by atoms with Gasteiger partial charge in [0.15, 0.2) is 5.82 Å². The number of sulfonamides is 1. The Morgan fingerprint density at radius 3 is 2.43 bits per heavy atom. The zero-order valence-corrected chi connectivity index (χ0v) is 14.4. The molecule has 1 heterocycles. The molecule has 5 nitrogen and oxygen atoms in total. The Kier molecular flexibility index (Phi) is 4.75. The van der Waals surface area contributed by atoms with E-state index in [0.717, 1.165) is 4.31 Å². The van der Waals surface area contributed by atoms with Gasteiger partial charge < -0.3 is 4.74 Å². The third-order valence-corrected chi connectivity index (χ3v) is 5.36. The van der Waals surface area contributed by atoms with Gasteiger partial charge in [0, 0.05) is 13.2 Å². The van der Waals surface area contributed by atoms with Crippen LogP contribution in [-0.2, 0) is 10.0 Å². The predicted molar refractivity (Wildman–Crippen MR) is 85.5 cm³/mol. The van der Waals surface area contributed by atoms with Crippen molar-refractivity contribution in [3.63, 3.8) is 0 Å². The lowest BCUT2D eigenvalue weighted by Gasteiger charge is -2.19. The molecule has 21 heavy (non-hydrogen) atoms. The summed E-state index contributed by atoms with van der Waals surface area (Å²) < 4.78 is 31.7. The number of hydrogen-bond donors (Lipinski definition) is 0. The molecule has 0 fully saturated rings. The van der Waals surface area contributed by atoms with Crippen LogP contribution in [0.3, 0.4) is 0 Å². The standard InChI is InChI=1S/C13H12BrClN2O3S/c1-17(13-12(14)7-9(15)8-16-13)21(18,19)11-5-3-10(20-2)4-6-11/h3-8H,1-2H3. The summed E-state index contributed by atoms with van der Waals surface area (Å²) in [5, 5.41) is 0.417. The van der Waals surface area contributed by atoms with Crippen LogP contribution in [0.4, 0.5) is 5.82 Å². The number of hydrogen-bond acceptors (Lipinski definition) is 4. The maximum absolute atomic E-state index is 12.6. The van der Waals surface area contributed by atoms with Crippen LogP contribution in [0.15, 0.2) is 45.9 Å². The van der Waals surface area contributed by atoms with E-state index < -0.39 is 10.0 Å². The second-order valence-electron chi connectivity index (χ2n) is 4.11. The van der Waals surface area contributed by atoms with Gasteiger partial charge in [-0.25, -0.2) is 13.4 Å². The van der Waals surface area contributed by atoms with Gasteiger partial charge in [0.25, 0.3) is 10.0 Å². The van der Waals surface area contributed by atoms with Crippen molar-refractivity contribution in [1.29, 1.82) is 0 Å². The van der Waals surface area contributed by atoms with Crippen molar-refractivity contribution in [1.82, 2.24) is 4.98 Å². The van der Waals surface area contributed by atoms with Crippen LogP contribution in [0.1, 0.15) is 0 Å². The van der Waals surface area contributed by atoms with Crippen molar-refractivity contribution >= 4 is 43.4 Å². The fraction of sp³-hybridized carbons (Fsp3) is 0.154. The van der Waals surface area contributed by atoms with Crippen LogP contribution < -0.4 is 9.04 Å². The summed E-state index contributed by atoms with van der Waals surface area (Å²) in [5.41, 5.74) is 0. The highest BCUT2D eigenvalue weighted by molar-refractivity contribution is 9.10. The van der Waals surface area contributed by atoms with Gasteiger partial charge in [-0.2, -0.15) is 0 Å². The zero-order valence-electron chi connectivity index (χ0n) is 11.2. The monoisotopic (exact) mass is 390 g/mol. The van der Waals surface area contributed by atoms with Crippen molar-refractivity contribution in [2.75, 3.05) is 18.5 Å². The van der Waals surface area contributed by atoms with Gasteiger partial charge in [0.05, 0.1) is 21.5 Å². The summed E-state index contributed by atoms with van der Waals surface area (Å²) in [7, 11) is -0.761. The molecule has 1 aromatic heterocycles. The first-order chi connectivity index (χ1) is 9.86. The fourth-order valence-corrected chi connectivity index (χ4v) is 3.85. The van der Waals surface area contributed by atoms with Crippen molar-refractivity contribution in [2.45, 2.75) is 4.90 Å². The van der Waals surface area contributed by atoms with Gasteiger partial charge in [0.2, 0.25) is 0 Å². The average Bonchev–Trinajstić information content (AvgIpc) is 2.46. The number of rotatable bonds is 4. The molecule has 8 heteroatoms. The van der Waals surface area contributed by atoms with Crippen LogP contribution in [0, 0.1) is 0 Å². The molecule has 0 aliphatic carbocycles. The Labute approximate surface area is 136 Å². The summed E-state index contributed by atoms with van der Waals surface area (Å²) in [4.78, 5) is 4.19. The molecular formula is C13H12BrClN2O3S. The second kappa shape index (κ2) is 6.21. The fourth-order valence-electron chi connectivity index (χ4n) is 1.66. The van der Waals surface area contributed by atoms with Crippen LogP contribution >= 0.6 is 27.5 Å². The number of halogens is 2. The van der Waals surface area contributed by atoms with Gasteiger partial charge in [0.1, 0.15) is 5.75 Å². The number of benzene rings is 1. The number of methoxy groups -OCH3 is 1. The van der Waals surface area contributed by atoms with E-state index in [1.165, 1.54) is 32.5 Å². The van der Waals surface area contributed by atoms with Gasteiger partial charge in [-0.3, -0.25) is 4.31 Å². The average molecular weight is 392 g/mol. The van der Waals surface area contributed by atoms with Crippen LogP contribution in [0.2, 0.25) is 5.02 Å². The molecular weight excluding hydrogens is 380 g/mol. The third-order valence-electron chi connectivity index (χ3n) is 2.80. The molecule has 0 N–H and O–H groups in total. The van der Waals surface area contributed by atoms with E-state index in [2.05, 4.69) is 20.9 Å². The van der Waals surface area contributed by atoms with E-state index in [0.29, 0.717) is 15.2 Å². The summed E-state index contributed by atoms with van der Waals surface area (Å²) >= 11 is 9.07. The van der Waals surface area contributed by atoms with Gasteiger partial charge in [-0.15, -0.1) is 0 Å². The van der Waals surface area contributed by atoms with E-state index in [9.17, 15) is 8.42 Å². The lowest BCUT2D eigenvalue weighted by molar-refractivity contribution is 0.414. The summed E-state index contributed by atoms with van der Waals surface area (Å²) in [5.74, 6) is 0.845. The third kappa shape index (κ3) is 3.30. The maximum Gasteiger partial charge on any atom is 0.265 e. The maximum atomic E-state index is 12.6. The van der Waals surface area contributed by atoms with Crippen molar-refractivity contribution < 1.29 is 13.2 Å². The van der Waals surface area contributed by atoms with E-state index in [1.54, 1.807) is 18.2 Å². The first-order valence-corrected chi connectivity index (χ1v) is 8.41. The number of anilines is 1. The molecule has 0 bridgehead atoms. The summed E-state index contributed by atoms with van der Waals surface area (Å²) in [6.45, 7) is 0. The summed E-state index contributed by atoms with van der Waals surface area (Å²) in [6, 6.07) is 7.73. The smallest absolute Gasteiger partial charge is 0.265 e. The highest BCUT2D eigenvalue weighted by Crippen LogP contribution is 2.29. The van der Waals surface area contributed by atoms with E-state index in [-0.39, 0.29) is 10.7 Å². The van der Waals surface area contributed by atoms with Crippen molar-refractivity contribution in [3.8, 4) is 5.75 Å². The van der Waals surface area contributed by atoms with Crippen LogP contribution in [0.5, 0.6) is 5.75 Å². The zero-order chi connectivity index (χ0) is 15.6. The van der Waals surface area contributed by atoms with Crippen molar-refractivity contribution in [3.05, 3.63) is 46.0 Å². The first-order valence-electron chi connectivity index (χ1n) is 5.80. The molecule has 112 valence electrons. The molecule has 2 aromatic rings. The van der Waals surface area contributed by atoms with Gasteiger partial charge >= 0.3 is 0 Å². The first kappa shape index (κ1) is 16.1. The van der Waals surface area contributed by atoms with E-state index in [1.807, 2.05) is 0 Å². The molecule has 1 aromatic carbocycles. The van der Waals surface area contributed by atoms with E-state index in [4.69, 9.17) is 16.3 Å². The molecule has 0 atom stereocenters. The Balaban J connectivity index is 2.42. The molecule has 0 saturated heterocycles. The Morgan fingerprint density at radius 1 is 1.29 bits per heavy atom. The second-order valence-corrected chi connectivity index (χ2v) is 7.37. The highest BCUT2D eigenvalue weighted by Gasteiger charge is 2.24. The van der Waals surface area contributed by atoms with Gasteiger partial charge in [-0.05, 0) is 46.3 Å². The number of ether oxygens (including phenoxy) is 1. The predicted octanol–water partition coefficient (Wildman–Crippen LogP) is 3.33. The molecule has 0 amide bonds. The molecule has 0 aliphatic heterocycles. The topological polar surface area (TPSA) is 59.5 Å². The molecule has 2 rings (SSSR count). The van der Waals surface area contributed by atoms with Gasteiger partial charge in [-0.1, -0.05) is 11.6 Å². The lowest BCUT2D eigenvalue weighted by atomic mass is 10.3. The summed E-state index contributed by atoms with van der Waals surface area (Å²) in [6.07, 6.45) is 1.39.